The first-order valence-electron chi connectivity index (χ1n) is 6.47. The zero-order chi connectivity index (χ0) is 15.8. The number of hydrogen-bond acceptors (Lipinski definition) is 5. The zero-order valence-corrected chi connectivity index (χ0v) is 13.5. The number of nitrogens with one attached hydrogen (secondary N) is 2. The molecule has 0 bridgehead atoms. The van der Waals surface area contributed by atoms with E-state index in [9.17, 15) is 9.18 Å². The molecule has 2 rings (SSSR count). The fourth-order valence-corrected chi connectivity index (χ4v) is 3.57. The van der Waals surface area contributed by atoms with Gasteiger partial charge in [-0.2, -0.15) is 5.26 Å². The van der Waals surface area contributed by atoms with Gasteiger partial charge < -0.3 is 5.32 Å². The van der Waals surface area contributed by atoms with E-state index in [0.717, 1.165) is 4.88 Å². The molecular formula is C13H16ClFN4OS. The van der Waals surface area contributed by atoms with E-state index in [0.29, 0.717) is 10.3 Å². The Hall–Kier alpha value is -1.39. The number of nitriles is 1. The van der Waals surface area contributed by atoms with Gasteiger partial charge in [-0.1, -0.05) is 43.7 Å². The summed E-state index contributed by atoms with van der Waals surface area (Å²) in [6, 6.07) is -0.282. The summed E-state index contributed by atoms with van der Waals surface area (Å²) in [5, 5.41) is 14.0. The van der Waals surface area contributed by atoms with Crippen molar-refractivity contribution in [2.75, 3.05) is 5.32 Å². The Balaban J connectivity index is 2.03. The predicted octanol–water partition coefficient (Wildman–Crippen LogP) is 2.97. The number of aromatic nitrogens is 1. The highest BCUT2D eigenvalue weighted by atomic mass is 35.5. The van der Waals surface area contributed by atoms with E-state index in [2.05, 4.69) is 15.6 Å². The highest BCUT2D eigenvalue weighted by Gasteiger charge is 2.51. The molecule has 2 N–H and O–H groups in total. The molecule has 8 heteroatoms. The third-order valence-electron chi connectivity index (χ3n) is 3.30. The first-order valence-corrected chi connectivity index (χ1v) is 7.67. The first kappa shape index (κ1) is 16.0. The lowest BCUT2D eigenvalue weighted by molar-refractivity contribution is -0.134. The van der Waals surface area contributed by atoms with Crippen molar-refractivity contribution in [3.8, 4) is 6.19 Å². The minimum absolute atomic E-state index is 0.0162. The molecule has 5 nitrogen and oxygen atoms in total. The molecule has 0 spiro atoms. The molecule has 0 radical (unpaired) electrons. The molecule has 1 fully saturated rings. The van der Waals surface area contributed by atoms with Crippen molar-refractivity contribution in [1.29, 1.82) is 5.26 Å². The van der Waals surface area contributed by atoms with Gasteiger partial charge in [0.05, 0.1) is 4.88 Å². The van der Waals surface area contributed by atoms with Gasteiger partial charge in [-0.3, -0.25) is 10.1 Å². The SMILES string of the molecule is CC(C)(C)c1sc(NC(=O)[C@]2(F)C[C@@H](NC#N)C2)nc1Cl. The normalized spacial score (nSPS) is 24.9. The van der Waals surface area contributed by atoms with Gasteiger partial charge in [-0.25, -0.2) is 9.37 Å². The standard InChI is InChI=1S/C13H16ClFN4OS/c1-12(2,3)8-9(14)18-11(21-8)19-10(20)13(15)4-7(5-13)17-6-16/h7,17H,4-5H2,1-3H3,(H,18,19,20)/t7-,13+. The molecule has 1 amide bonds. The van der Waals surface area contributed by atoms with Crippen LogP contribution in [-0.2, 0) is 10.2 Å². The monoisotopic (exact) mass is 330 g/mol. The van der Waals surface area contributed by atoms with Gasteiger partial charge in [-0.15, -0.1) is 0 Å². The number of hydrogen-bond donors (Lipinski definition) is 2. The average Bonchev–Trinajstić information content (AvgIpc) is 2.68. The molecule has 0 aliphatic heterocycles. The molecule has 0 aromatic carbocycles. The van der Waals surface area contributed by atoms with Gasteiger partial charge in [0.15, 0.2) is 17.0 Å². The number of alkyl halides is 1. The highest BCUT2D eigenvalue weighted by Crippen LogP contribution is 2.40. The molecule has 1 aliphatic rings. The Kier molecular flexibility index (Phi) is 4.13. The van der Waals surface area contributed by atoms with Crippen molar-refractivity contribution in [2.24, 2.45) is 0 Å². The number of thiazole rings is 1. The van der Waals surface area contributed by atoms with E-state index in [1.807, 2.05) is 20.8 Å². The number of nitrogens with zero attached hydrogens (tertiary/aromatic N) is 2. The summed E-state index contributed by atoms with van der Waals surface area (Å²) in [6.07, 6.45) is 1.71. The number of anilines is 1. The van der Waals surface area contributed by atoms with Crippen LogP contribution in [0.1, 0.15) is 38.5 Å². The highest BCUT2D eigenvalue weighted by molar-refractivity contribution is 7.16. The summed E-state index contributed by atoms with van der Waals surface area (Å²) < 4.78 is 14.3. The Morgan fingerprint density at radius 2 is 2.19 bits per heavy atom. The molecule has 0 unspecified atom stereocenters. The number of carbonyl (C=O) groups excluding carboxylic acids is 1. The minimum Gasteiger partial charge on any atom is -0.321 e. The topological polar surface area (TPSA) is 77.8 Å². The smallest absolute Gasteiger partial charge is 0.263 e. The Bertz CT molecular complexity index is 598. The van der Waals surface area contributed by atoms with E-state index in [4.69, 9.17) is 16.9 Å². The molecule has 1 aliphatic carbocycles. The lowest BCUT2D eigenvalue weighted by Crippen LogP contribution is -2.56. The summed E-state index contributed by atoms with van der Waals surface area (Å²) in [5.74, 6) is -0.732. The second-order valence-corrected chi connectivity index (χ2v) is 7.53. The maximum Gasteiger partial charge on any atom is 0.263 e. The quantitative estimate of drug-likeness (QED) is 0.659. The van der Waals surface area contributed by atoms with Crippen LogP contribution in [-0.4, -0.2) is 22.6 Å². The fraction of sp³-hybridized carbons (Fsp3) is 0.615. The van der Waals surface area contributed by atoms with Crippen LogP contribution in [0.5, 0.6) is 0 Å². The number of carbonyl (C=O) groups is 1. The van der Waals surface area contributed by atoms with Gasteiger partial charge in [0.25, 0.3) is 5.91 Å². The molecule has 1 aromatic heterocycles. The van der Waals surface area contributed by atoms with Gasteiger partial charge >= 0.3 is 0 Å². The van der Waals surface area contributed by atoms with Crippen LogP contribution in [0.4, 0.5) is 9.52 Å². The molecule has 0 atom stereocenters. The van der Waals surface area contributed by atoms with E-state index < -0.39 is 11.6 Å². The van der Waals surface area contributed by atoms with Crippen molar-refractivity contribution in [2.45, 2.75) is 50.7 Å². The van der Waals surface area contributed by atoms with Crippen LogP contribution < -0.4 is 10.6 Å². The summed E-state index contributed by atoms with van der Waals surface area (Å²) in [5.41, 5.74) is -2.14. The molecule has 114 valence electrons. The largest absolute Gasteiger partial charge is 0.321 e. The predicted molar refractivity (Wildman–Crippen MR) is 80.1 cm³/mol. The van der Waals surface area contributed by atoms with E-state index in [1.165, 1.54) is 11.3 Å². The van der Waals surface area contributed by atoms with Gasteiger partial charge in [0.2, 0.25) is 0 Å². The van der Waals surface area contributed by atoms with Gasteiger partial charge in [0.1, 0.15) is 5.15 Å². The molecule has 21 heavy (non-hydrogen) atoms. The summed E-state index contributed by atoms with van der Waals surface area (Å²) in [6.45, 7) is 5.95. The van der Waals surface area contributed by atoms with E-state index in [-0.39, 0.29) is 24.3 Å². The van der Waals surface area contributed by atoms with Crippen molar-refractivity contribution in [3.63, 3.8) is 0 Å². The second-order valence-electron chi connectivity index (χ2n) is 6.17. The van der Waals surface area contributed by atoms with Gasteiger partial charge in [0, 0.05) is 18.9 Å². The maximum absolute atomic E-state index is 14.3. The fourth-order valence-electron chi connectivity index (χ4n) is 2.13. The Morgan fingerprint density at radius 3 is 2.67 bits per heavy atom. The van der Waals surface area contributed by atoms with Crippen LogP contribution in [0, 0.1) is 11.5 Å². The van der Waals surface area contributed by atoms with E-state index >= 15 is 0 Å². The van der Waals surface area contributed by atoms with Crippen LogP contribution in [0.2, 0.25) is 5.15 Å². The lowest BCUT2D eigenvalue weighted by atomic mass is 9.76. The van der Waals surface area contributed by atoms with Crippen LogP contribution in [0.3, 0.4) is 0 Å². The van der Waals surface area contributed by atoms with Crippen molar-refractivity contribution >= 4 is 34.0 Å². The number of amides is 1. The van der Waals surface area contributed by atoms with Crippen molar-refractivity contribution in [1.82, 2.24) is 10.3 Å². The van der Waals surface area contributed by atoms with Crippen molar-refractivity contribution < 1.29 is 9.18 Å². The van der Waals surface area contributed by atoms with Crippen molar-refractivity contribution in [3.05, 3.63) is 10.0 Å². The number of rotatable bonds is 3. The molecule has 1 heterocycles. The van der Waals surface area contributed by atoms with E-state index in [1.54, 1.807) is 6.19 Å². The third-order valence-corrected chi connectivity index (χ3v) is 5.09. The lowest BCUT2D eigenvalue weighted by Gasteiger charge is -2.38. The first-order chi connectivity index (χ1) is 9.65. The second kappa shape index (κ2) is 5.43. The third kappa shape index (κ3) is 3.27. The Morgan fingerprint density at radius 1 is 1.57 bits per heavy atom. The molecule has 0 saturated heterocycles. The summed E-state index contributed by atoms with van der Waals surface area (Å²) >= 11 is 7.29. The maximum atomic E-state index is 14.3. The molecule has 1 saturated carbocycles. The van der Waals surface area contributed by atoms with Crippen LogP contribution in [0.15, 0.2) is 0 Å². The van der Waals surface area contributed by atoms with Crippen LogP contribution >= 0.6 is 22.9 Å². The Labute approximate surface area is 131 Å². The zero-order valence-electron chi connectivity index (χ0n) is 12.0. The number of halogens is 2. The summed E-state index contributed by atoms with van der Waals surface area (Å²) in [4.78, 5) is 16.9. The van der Waals surface area contributed by atoms with Crippen LogP contribution in [0.25, 0.3) is 0 Å². The minimum atomic E-state index is -1.95. The summed E-state index contributed by atoms with van der Waals surface area (Å²) in [7, 11) is 0. The molecular weight excluding hydrogens is 315 g/mol. The van der Waals surface area contributed by atoms with Gasteiger partial charge in [-0.05, 0) is 5.41 Å². The average molecular weight is 331 g/mol. The molecule has 1 aromatic rings.